The number of rotatable bonds is 7. The predicted molar refractivity (Wildman–Crippen MR) is 109 cm³/mol. The molecule has 2 aromatic heterocycles. The molecule has 0 aliphatic rings. The van der Waals surface area contributed by atoms with Crippen molar-refractivity contribution in [2.75, 3.05) is 11.9 Å². The van der Waals surface area contributed by atoms with Crippen LogP contribution in [0.1, 0.15) is 46.1 Å². The van der Waals surface area contributed by atoms with Crippen LogP contribution in [0.15, 0.2) is 57.9 Å². The van der Waals surface area contributed by atoms with Gasteiger partial charge in [-0.1, -0.05) is 6.07 Å². The SMILES string of the molecule is CCOC(=O)c1ccc(NC(c2ccc(C)cn2)c2oc(CO)cc(=O)c2O)cc1. The fourth-order valence-electron chi connectivity index (χ4n) is 2.84. The summed E-state index contributed by atoms with van der Waals surface area (Å²) in [5.41, 5.74) is 1.74. The smallest absolute Gasteiger partial charge is 0.338 e. The maximum atomic E-state index is 12.1. The number of ether oxygens (including phenoxy) is 1. The van der Waals surface area contributed by atoms with E-state index in [2.05, 4.69) is 10.3 Å². The molecule has 2 heterocycles. The fourth-order valence-corrected chi connectivity index (χ4v) is 2.84. The number of carbonyl (C=O) groups is 1. The van der Waals surface area contributed by atoms with Gasteiger partial charge in [0, 0.05) is 18.0 Å². The molecule has 30 heavy (non-hydrogen) atoms. The average Bonchev–Trinajstić information content (AvgIpc) is 2.75. The topological polar surface area (TPSA) is 122 Å². The number of anilines is 1. The average molecular weight is 410 g/mol. The van der Waals surface area contributed by atoms with Gasteiger partial charge in [-0.15, -0.1) is 0 Å². The molecule has 8 heteroatoms. The molecule has 1 aromatic carbocycles. The Morgan fingerprint density at radius 3 is 2.57 bits per heavy atom. The highest BCUT2D eigenvalue weighted by Gasteiger charge is 2.25. The second-order valence-corrected chi connectivity index (χ2v) is 6.58. The van der Waals surface area contributed by atoms with Crippen LogP contribution in [0.4, 0.5) is 5.69 Å². The van der Waals surface area contributed by atoms with E-state index >= 15 is 0 Å². The van der Waals surface area contributed by atoms with E-state index in [0.717, 1.165) is 11.6 Å². The Bertz CT molecular complexity index is 1070. The Balaban J connectivity index is 2.01. The van der Waals surface area contributed by atoms with Crippen molar-refractivity contribution in [3.8, 4) is 5.75 Å². The van der Waals surface area contributed by atoms with Gasteiger partial charge >= 0.3 is 5.97 Å². The number of aryl methyl sites for hydroxylation is 1. The molecule has 0 aliphatic heterocycles. The van der Waals surface area contributed by atoms with E-state index in [1.807, 2.05) is 13.0 Å². The Labute approximate surface area is 172 Å². The van der Waals surface area contributed by atoms with Crippen LogP contribution in [0.3, 0.4) is 0 Å². The molecule has 1 atom stereocenters. The van der Waals surface area contributed by atoms with Crippen molar-refractivity contribution in [1.82, 2.24) is 4.98 Å². The molecule has 0 bridgehead atoms. The molecule has 0 saturated heterocycles. The van der Waals surface area contributed by atoms with E-state index in [9.17, 15) is 19.8 Å². The summed E-state index contributed by atoms with van der Waals surface area (Å²) < 4.78 is 10.6. The molecule has 1 unspecified atom stereocenters. The van der Waals surface area contributed by atoms with E-state index in [0.29, 0.717) is 16.9 Å². The molecular weight excluding hydrogens is 388 g/mol. The van der Waals surface area contributed by atoms with E-state index in [-0.39, 0.29) is 18.1 Å². The first-order chi connectivity index (χ1) is 14.4. The molecule has 0 saturated carbocycles. The van der Waals surface area contributed by atoms with Crippen LogP contribution in [0, 0.1) is 6.92 Å². The largest absolute Gasteiger partial charge is 0.502 e. The lowest BCUT2D eigenvalue weighted by Gasteiger charge is -2.20. The van der Waals surface area contributed by atoms with Crippen LogP contribution in [-0.4, -0.2) is 27.8 Å². The van der Waals surface area contributed by atoms with Gasteiger partial charge in [0.05, 0.1) is 17.9 Å². The number of aliphatic hydroxyl groups excluding tert-OH is 1. The maximum Gasteiger partial charge on any atom is 0.338 e. The molecule has 0 aliphatic carbocycles. The Kier molecular flexibility index (Phi) is 6.48. The lowest BCUT2D eigenvalue weighted by Crippen LogP contribution is -2.17. The van der Waals surface area contributed by atoms with Crippen LogP contribution >= 0.6 is 0 Å². The highest BCUT2D eigenvalue weighted by atomic mass is 16.5. The first-order valence-corrected chi connectivity index (χ1v) is 9.36. The second-order valence-electron chi connectivity index (χ2n) is 6.58. The standard InChI is InChI=1S/C22H22N2O6/c1-3-29-22(28)14-5-7-15(8-6-14)24-19(17-9-4-13(2)11-23-17)21-20(27)18(26)10-16(12-25)30-21/h4-11,19,24-25,27H,3,12H2,1-2H3. The van der Waals surface area contributed by atoms with Gasteiger partial charge in [0.1, 0.15) is 18.4 Å². The maximum absolute atomic E-state index is 12.1. The summed E-state index contributed by atoms with van der Waals surface area (Å²) in [6.07, 6.45) is 1.65. The van der Waals surface area contributed by atoms with Gasteiger partial charge in [-0.25, -0.2) is 4.79 Å². The van der Waals surface area contributed by atoms with Crippen molar-refractivity contribution in [2.45, 2.75) is 26.5 Å². The molecule has 0 radical (unpaired) electrons. The minimum absolute atomic E-state index is 0.0179. The molecule has 8 nitrogen and oxygen atoms in total. The number of aromatic hydroxyl groups is 1. The summed E-state index contributed by atoms with van der Waals surface area (Å²) in [7, 11) is 0. The number of esters is 1. The zero-order valence-electron chi connectivity index (χ0n) is 16.6. The van der Waals surface area contributed by atoms with Gasteiger partial charge in [-0.3, -0.25) is 9.78 Å². The van der Waals surface area contributed by atoms with Gasteiger partial charge in [0.15, 0.2) is 5.76 Å². The number of carbonyl (C=O) groups excluding carboxylic acids is 1. The van der Waals surface area contributed by atoms with Crippen LogP contribution in [0.25, 0.3) is 0 Å². The molecular formula is C22H22N2O6. The van der Waals surface area contributed by atoms with Crippen molar-refractivity contribution in [2.24, 2.45) is 0 Å². The molecule has 156 valence electrons. The van der Waals surface area contributed by atoms with Crippen molar-refractivity contribution in [1.29, 1.82) is 0 Å². The van der Waals surface area contributed by atoms with Crippen molar-refractivity contribution >= 4 is 11.7 Å². The Morgan fingerprint density at radius 1 is 1.23 bits per heavy atom. The number of aliphatic hydroxyl groups is 1. The Hall–Kier alpha value is -3.65. The number of hydrogen-bond acceptors (Lipinski definition) is 8. The quantitative estimate of drug-likeness (QED) is 0.508. The van der Waals surface area contributed by atoms with Crippen LogP contribution in [-0.2, 0) is 11.3 Å². The summed E-state index contributed by atoms with van der Waals surface area (Å²) >= 11 is 0. The molecule has 0 spiro atoms. The van der Waals surface area contributed by atoms with Gasteiger partial charge in [0.25, 0.3) is 0 Å². The molecule has 0 amide bonds. The zero-order valence-corrected chi connectivity index (χ0v) is 16.6. The first kappa shape index (κ1) is 21.1. The first-order valence-electron chi connectivity index (χ1n) is 9.36. The normalized spacial score (nSPS) is 11.7. The third-order valence-electron chi connectivity index (χ3n) is 4.35. The van der Waals surface area contributed by atoms with Crippen molar-refractivity contribution in [3.05, 3.63) is 87.2 Å². The number of pyridine rings is 1. The monoisotopic (exact) mass is 410 g/mol. The van der Waals surface area contributed by atoms with E-state index < -0.39 is 29.8 Å². The third kappa shape index (κ3) is 4.66. The number of nitrogens with one attached hydrogen (secondary N) is 1. The summed E-state index contributed by atoms with van der Waals surface area (Å²) in [4.78, 5) is 28.3. The lowest BCUT2D eigenvalue weighted by molar-refractivity contribution is 0.0526. The highest BCUT2D eigenvalue weighted by Crippen LogP contribution is 2.31. The number of nitrogens with zero attached hydrogens (tertiary/aromatic N) is 1. The summed E-state index contributed by atoms with van der Waals surface area (Å²) in [5.74, 6) is -1.06. The van der Waals surface area contributed by atoms with Crippen LogP contribution < -0.4 is 10.7 Å². The molecule has 3 rings (SSSR count). The predicted octanol–water partition coefficient (Wildman–Crippen LogP) is 2.92. The van der Waals surface area contributed by atoms with Crippen LogP contribution in [0.2, 0.25) is 0 Å². The minimum Gasteiger partial charge on any atom is -0.502 e. The molecule has 0 fully saturated rings. The van der Waals surface area contributed by atoms with Gasteiger partial charge in [0.2, 0.25) is 11.2 Å². The number of hydrogen-bond donors (Lipinski definition) is 3. The minimum atomic E-state index is -0.821. The molecule has 3 N–H and O–H groups in total. The molecule has 3 aromatic rings. The Morgan fingerprint density at radius 2 is 1.97 bits per heavy atom. The van der Waals surface area contributed by atoms with Crippen molar-refractivity contribution < 1.29 is 24.2 Å². The van der Waals surface area contributed by atoms with E-state index in [1.165, 1.54) is 0 Å². The van der Waals surface area contributed by atoms with Crippen molar-refractivity contribution in [3.63, 3.8) is 0 Å². The highest BCUT2D eigenvalue weighted by molar-refractivity contribution is 5.89. The van der Waals surface area contributed by atoms with Gasteiger partial charge < -0.3 is 24.7 Å². The van der Waals surface area contributed by atoms with E-state index in [4.69, 9.17) is 9.15 Å². The second kappa shape index (κ2) is 9.23. The number of benzene rings is 1. The van der Waals surface area contributed by atoms with E-state index in [1.54, 1.807) is 43.5 Å². The summed E-state index contributed by atoms with van der Waals surface area (Å²) in [6, 6.07) is 10.3. The zero-order chi connectivity index (χ0) is 21.7. The van der Waals surface area contributed by atoms with Gasteiger partial charge in [-0.2, -0.15) is 0 Å². The van der Waals surface area contributed by atoms with Crippen LogP contribution in [0.5, 0.6) is 5.75 Å². The summed E-state index contributed by atoms with van der Waals surface area (Å²) in [6.45, 7) is 3.40. The van der Waals surface area contributed by atoms with Gasteiger partial charge in [-0.05, 0) is 49.7 Å². The third-order valence-corrected chi connectivity index (χ3v) is 4.35. The lowest BCUT2D eigenvalue weighted by atomic mass is 10.1. The summed E-state index contributed by atoms with van der Waals surface area (Å²) in [5, 5.41) is 22.9. The number of aromatic nitrogens is 1. The fraction of sp³-hybridized carbons (Fsp3) is 0.227.